The maximum Gasteiger partial charge on any atom is 0.329 e. The number of carbonyl (C=O) groups is 2. The van der Waals surface area contributed by atoms with Gasteiger partial charge in [-0.25, -0.2) is 4.79 Å². The van der Waals surface area contributed by atoms with E-state index in [1.165, 1.54) is 0 Å². The molecule has 0 unspecified atom stereocenters. The highest BCUT2D eigenvalue weighted by molar-refractivity contribution is 5.85. The summed E-state index contributed by atoms with van der Waals surface area (Å²) < 4.78 is 6.94. The Labute approximate surface area is 118 Å². The van der Waals surface area contributed by atoms with Crippen molar-refractivity contribution in [2.75, 3.05) is 6.54 Å². The first-order chi connectivity index (χ1) is 9.37. The number of rotatable bonds is 3. The van der Waals surface area contributed by atoms with Crippen LogP contribution in [0.5, 0.6) is 0 Å². The number of aromatic nitrogens is 2. The van der Waals surface area contributed by atoms with Crippen LogP contribution in [0.3, 0.4) is 0 Å². The van der Waals surface area contributed by atoms with Crippen molar-refractivity contribution in [2.24, 2.45) is 0 Å². The zero-order valence-electron chi connectivity index (χ0n) is 12.2. The molecule has 110 valence electrons. The van der Waals surface area contributed by atoms with Crippen LogP contribution in [-0.2, 0) is 20.9 Å². The first-order valence-electron chi connectivity index (χ1n) is 6.86. The van der Waals surface area contributed by atoms with Gasteiger partial charge < -0.3 is 9.64 Å². The predicted molar refractivity (Wildman–Crippen MR) is 72.8 cm³/mol. The van der Waals surface area contributed by atoms with Crippen LogP contribution in [0.4, 0.5) is 0 Å². The number of nitrogens with zero attached hydrogens (tertiary/aromatic N) is 3. The molecule has 20 heavy (non-hydrogen) atoms. The van der Waals surface area contributed by atoms with Crippen molar-refractivity contribution in [2.45, 2.75) is 51.8 Å². The molecule has 0 aliphatic carbocycles. The third-order valence-electron chi connectivity index (χ3n) is 3.11. The Morgan fingerprint density at radius 1 is 1.40 bits per heavy atom. The molecule has 6 heteroatoms. The van der Waals surface area contributed by atoms with Crippen LogP contribution >= 0.6 is 0 Å². The Morgan fingerprint density at radius 3 is 2.75 bits per heavy atom. The summed E-state index contributed by atoms with van der Waals surface area (Å²) in [6.07, 6.45) is 4.85. The molecule has 2 rings (SSSR count). The molecule has 0 N–H and O–H groups in total. The van der Waals surface area contributed by atoms with Gasteiger partial charge in [0.05, 0.1) is 0 Å². The lowest BCUT2D eigenvalue weighted by Gasteiger charge is -2.27. The molecule has 0 radical (unpaired) electrons. The number of hydrogen-bond acceptors (Lipinski definition) is 4. The minimum absolute atomic E-state index is 0.0953. The van der Waals surface area contributed by atoms with Crippen molar-refractivity contribution in [1.82, 2.24) is 14.7 Å². The molecule has 0 saturated carbocycles. The smallest absolute Gasteiger partial charge is 0.329 e. The predicted octanol–water partition coefficient (Wildman–Crippen LogP) is 1.22. The topological polar surface area (TPSA) is 64.4 Å². The van der Waals surface area contributed by atoms with Gasteiger partial charge in [0.15, 0.2) is 0 Å². The van der Waals surface area contributed by atoms with Crippen LogP contribution in [-0.4, -0.2) is 44.7 Å². The molecule has 1 aromatic rings. The fourth-order valence-electron chi connectivity index (χ4n) is 2.30. The van der Waals surface area contributed by atoms with Crippen molar-refractivity contribution in [1.29, 1.82) is 0 Å². The Balaban J connectivity index is 1.99. The molecule has 1 aliphatic rings. The standard InChI is InChI=1S/C14H21N3O3/c1-14(2,3)20-13(19)11-6-4-9-17(11)12(18)10-16-8-5-7-15-16/h5,7-8,11H,4,6,9-10H2,1-3H3/t11-/m1/s1. The van der Waals surface area contributed by atoms with E-state index < -0.39 is 11.6 Å². The Hall–Kier alpha value is -1.85. The summed E-state index contributed by atoms with van der Waals surface area (Å²) in [5, 5.41) is 4.01. The van der Waals surface area contributed by atoms with Gasteiger partial charge in [-0.1, -0.05) is 0 Å². The highest BCUT2D eigenvalue weighted by Crippen LogP contribution is 2.21. The summed E-state index contributed by atoms with van der Waals surface area (Å²) in [6, 6.07) is 1.31. The molecular weight excluding hydrogens is 258 g/mol. The molecule has 1 fully saturated rings. The first-order valence-corrected chi connectivity index (χ1v) is 6.86. The summed E-state index contributed by atoms with van der Waals surface area (Å²) in [6.45, 7) is 6.25. The zero-order chi connectivity index (χ0) is 14.8. The highest BCUT2D eigenvalue weighted by atomic mass is 16.6. The van der Waals surface area contributed by atoms with Gasteiger partial charge in [-0.15, -0.1) is 0 Å². The molecular formula is C14H21N3O3. The molecule has 1 aromatic heterocycles. The van der Waals surface area contributed by atoms with Crippen LogP contribution < -0.4 is 0 Å². The maximum absolute atomic E-state index is 12.3. The van der Waals surface area contributed by atoms with E-state index in [9.17, 15) is 9.59 Å². The van der Waals surface area contributed by atoms with Gasteiger partial charge in [-0.05, 0) is 39.7 Å². The van der Waals surface area contributed by atoms with Gasteiger partial charge in [0, 0.05) is 18.9 Å². The molecule has 0 bridgehead atoms. The summed E-state index contributed by atoms with van der Waals surface area (Å²) >= 11 is 0. The van der Waals surface area contributed by atoms with Crippen molar-refractivity contribution in [3.05, 3.63) is 18.5 Å². The van der Waals surface area contributed by atoms with E-state index in [4.69, 9.17) is 4.74 Å². The van der Waals surface area contributed by atoms with Gasteiger partial charge >= 0.3 is 5.97 Å². The molecule has 1 atom stereocenters. The Bertz CT molecular complexity index is 476. The van der Waals surface area contributed by atoms with E-state index in [1.54, 1.807) is 28.0 Å². The Kier molecular flexibility index (Phi) is 4.11. The number of ether oxygens (including phenoxy) is 1. The van der Waals surface area contributed by atoms with E-state index in [0.29, 0.717) is 13.0 Å². The number of amides is 1. The summed E-state index contributed by atoms with van der Waals surface area (Å²) in [5.74, 6) is -0.411. The average Bonchev–Trinajstić information content (AvgIpc) is 2.96. The molecule has 0 spiro atoms. The third-order valence-corrected chi connectivity index (χ3v) is 3.11. The van der Waals surface area contributed by atoms with Crippen molar-refractivity contribution in [3.63, 3.8) is 0 Å². The quantitative estimate of drug-likeness (QED) is 0.780. The van der Waals surface area contributed by atoms with Gasteiger partial charge in [0.25, 0.3) is 0 Å². The number of carbonyl (C=O) groups excluding carboxylic acids is 2. The van der Waals surface area contributed by atoms with E-state index in [1.807, 2.05) is 20.8 Å². The highest BCUT2D eigenvalue weighted by Gasteiger charge is 2.36. The Morgan fingerprint density at radius 2 is 2.15 bits per heavy atom. The fraction of sp³-hybridized carbons (Fsp3) is 0.643. The van der Waals surface area contributed by atoms with Crippen LogP contribution in [0.15, 0.2) is 18.5 Å². The van der Waals surface area contributed by atoms with Crippen LogP contribution in [0.25, 0.3) is 0 Å². The summed E-state index contributed by atoms with van der Waals surface area (Å²) in [7, 11) is 0. The number of likely N-dealkylation sites (tertiary alicyclic amines) is 1. The number of hydrogen-bond donors (Lipinski definition) is 0. The first kappa shape index (κ1) is 14.6. The summed E-state index contributed by atoms with van der Waals surface area (Å²) in [4.78, 5) is 26.0. The lowest BCUT2D eigenvalue weighted by Crippen LogP contribution is -2.44. The van der Waals surface area contributed by atoms with Gasteiger partial charge in [-0.2, -0.15) is 5.10 Å². The van der Waals surface area contributed by atoms with E-state index in [-0.39, 0.29) is 18.4 Å². The van der Waals surface area contributed by atoms with E-state index in [2.05, 4.69) is 5.10 Å². The van der Waals surface area contributed by atoms with E-state index >= 15 is 0 Å². The van der Waals surface area contributed by atoms with Crippen LogP contribution in [0.1, 0.15) is 33.6 Å². The van der Waals surface area contributed by atoms with Crippen LogP contribution in [0.2, 0.25) is 0 Å². The zero-order valence-corrected chi connectivity index (χ0v) is 12.2. The largest absolute Gasteiger partial charge is 0.458 e. The van der Waals surface area contributed by atoms with Crippen LogP contribution in [0, 0.1) is 0 Å². The van der Waals surface area contributed by atoms with Crippen molar-refractivity contribution in [3.8, 4) is 0 Å². The average molecular weight is 279 g/mol. The van der Waals surface area contributed by atoms with E-state index in [0.717, 1.165) is 6.42 Å². The minimum Gasteiger partial charge on any atom is -0.458 e. The van der Waals surface area contributed by atoms with Gasteiger partial charge in [0.2, 0.25) is 5.91 Å². The van der Waals surface area contributed by atoms with Crippen molar-refractivity contribution < 1.29 is 14.3 Å². The second-order valence-electron chi connectivity index (χ2n) is 5.98. The minimum atomic E-state index is -0.531. The van der Waals surface area contributed by atoms with Gasteiger partial charge in [0.1, 0.15) is 18.2 Å². The number of esters is 1. The second-order valence-corrected chi connectivity index (χ2v) is 5.98. The SMILES string of the molecule is CC(C)(C)OC(=O)[C@H]1CCCN1C(=O)Cn1cccn1. The third kappa shape index (κ3) is 3.59. The monoisotopic (exact) mass is 279 g/mol. The molecule has 2 heterocycles. The normalized spacial score (nSPS) is 19.1. The van der Waals surface area contributed by atoms with Crippen molar-refractivity contribution >= 4 is 11.9 Å². The summed E-state index contributed by atoms with van der Waals surface area (Å²) in [5.41, 5.74) is -0.531. The lowest BCUT2D eigenvalue weighted by molar-refractivity contribution is -0.163. The lowest BCUT2D eigenvalue weighted by atomic mass is 10.1. The van der Waals surface area contributed by atoms with Gasteiger partial charge in [-0.3, -0.25) is 9.48 Å². The molecule has 1 aliphatic heterocycles. The fourth-order valence-corrected chi connectivity index (χ4v) is 2.30. The second kappa shape index (κ2) is 5.64. The molecule has 1 saturated heterocycles. The molecule has 1 amide bonds. The maximum atomic E-state index is 12.3. The molecule has 0 aromatic carbocycles. The molecule has 6 nitrogen and oxygen atoms in total.